The molecular weight excluding hydrogens is 321 g/mol. The second-order valence-corrected chi connectivity index (χ2v) is 5.11. The van der Waals surface area contributed by atoms with E-state index in [-0.39, 0.29) is 17.2 Å². The van der Waals surface area contributed by atoms with Gasteiger partial charge in [-0.05, 0) is 37.6 Å². The van der Waals surface area contributed by atoms with Gasteiger partial charge in [0.1, 0.15) is 0 Å². The standard InChI is InChI=1S/C14H20ClF3N2O2/c1-2-22-5-3-4-20-12(8-21)9-6-10(14(16,17)18)13(19)11(15)7-9/h6-7,12,20-21H,2-5,8,19H2,1H3. The van der Waals surface area contributed by atoms with E-state index in [1.807, 2.05) is 6.92 Å². The van der Waals surface area contributed by atoms with Crippen LogP contribution in [-0.4, -0.2) is 31.5 Å². The average molecular weight is 341 g/mol. The molecule has 22 heavy (non-hydrogen) atoms. The van der Waals surface area contributed by atoms with Crippen LogP contribution >= 0.6 is 11.6 Å². The highest BCUT2D eigenvalue weighted by Gasteiger charge is 2.34. The van der Waals surface area contributed by atoms with Gasteiger partial charge in [-0.3, -0.25) is 0 Å². The fourth-order valence-corrected chi connectivity index (χ4v) is 2.18. The Hall–Kier alpha value is -1.02. The lowest BCUT2D eigenvalue weighted by atomic mass is 10.0. The highest BCUT2D eigenvalue weighted by molar-refractivity contribution is 6.33. The molecule has 0 bridgehead atoms. The number of nitrogens with one attached hydrogen (secondary N) is 1. The first-order valence-corrected chi connectivity index (χ1v) is 7.27. The number of hydrogen-bond donors (Lipinski definition) is 3. The summed E-state index contributed by atoms with van der Waals surface area (Å²) in [7, 11) is 0. The zero-order valence-electron chi connectivity index (χ0n) is 12.2. The monoisotopic (exact) mass is 340 g/mol. The minimum Gasteiger partial charge on any atom is -0.397 e. The van der Waals surface area contributed by atoms with Crippen molar-refractivity contribution < 1.29 is 23.0 Å². The second-order valence-electron chi connectivity index (χ2n) is 4.70. The maximum atomic E-state index is 12.9. The minimum absolute atomic E-state index is 0.181. The number of aliphatic hydroxyl groups is 1. The minimum atomic E-state index is -4.60. The van der Waals surface area contributed by atoms with E-state index in [9.17, 15) is 18.3 Å². The fraction of sp³-hybridized carbons (Fsp3) is 0.571. The third-order valence-electron chi connectivity index (χ3n) is 3.10. The maximum absolute atomic E-state index is 12.9. The molecule has 4 N–H and O–H groups in total. The summed E-state index contributed by atoms with van der Waals surface area (Å²) in [5.74, 6) is 0. The number of halogens is 4. The molecule has 0 aliphatic heterocycles. The zero-order chi connectivity index (χ0) is 16.8. The van der Waals surface area contributed by atoms with Crippen LogP contribution in [0.25, 0.3) is 0 Å². The molecule has 0 spiro atoms. The quantitative estimate of drug-likeness (QED) is 0.503. The van der Waals surface area contributed by atoms with Gasteiger partial charge < -0.3 is 20.9 Å². The van der Waals surface area contributed by atoms with Crippen molar-refractivity contribution in [2.24, 2.45) is 0 Å². The number of benzene rings is 1. The van der Waals surface area contributed by atoms with Crippen molar-refractivity contribution in [2.45, 2.75) is 25.6 Å². The number of nitrogen functional groups attached to an aromatic ring is 1. The highest BCUT2D eigenvalue weighted by Crippen LogP contribution is 2.38. The number of aliphatic hydroxyl groups excluding tert-OH is 1. The van der Waals surface area contributed by atoms with E-state index in [4.69, 9.17) is 22.1 Å². The van der Waals surface area contributed by atoms with E-state index >= 15 is 0 Å². The van der Waals surface area contributed by atoms with E-state index in [1.54, 1.807) is 0 Å². The number of anilines is 1. The Bertz CT molecular complexity index is 484. The third kappa shape index (κ3) is 5.31. The molecule has 4 nitrogen and oxygen atoms in total. The summed E-state index contributed by atoms with van der Waals surface area (Å²) in [6.45, 7) is 3.16. The van der Waals surface area contributed by atoms with Crippen molar-refractivity contribution >= 4 is 17.3 Å². The molecule has 0 heterocycles. The lowest BCUT2D eigenvalue weighted by Gasteiger charge is -2.20. The van der Waals surface area contributed by atoms with E-state index in [2.05, 4.69) is 5.32 Å². The van der Waals surface area contributed by atoms with Crippen LogP contribution in [-0.2, 0) is 10.9 Å². The average Bonchev–Trinajstić information content (AvgIpc) is 2.44. The number of hydrogen-bond acceptors (Lipinski definition) is 4. The predicted octanol–water partition coefficient (Wildman–Crippen LogP) is 2.99. The molecular formula is C14H20ClF3N2O2. The summed E-state index contributed by atoms with van der Waals surface area (Å²) >= 11 is 5.77. The Balaban J connectivity index is 2.86. The van der Waals surface area contributed by atoms with Gasteiger partial charge in [0, 0.05) is 13.2 Å². The SMILES string of the molecule is CCOCCCNC(CO)c1cc(Cl)c(N)c(C(F)(F)F)c1. The van der Waals surface area contributed by atoms with Gasteiger partial charge >= 0.3 is 6.18 Å². The lowest BCUT2D eigenvalue weighted by Crippen LogP contribution is -2.26. The van der Waals surface area contributed by atoms with Gasteiger partial charge in [-0.1, -0.05) is 11.6 Å². The van der Waals surface area contributed by atoms with E-state index in [0.717, 1.165) is 6.07 Å². The molecule has 0 fully saturated rings. The molecule has 0 radical (unpaired) electrons. The first-order chi connectivity index (χ1) is 10.3. The molecule has 0 aliphatic carbocycles. The molecule has 8 heteroatoms. The van der Waals surface area contributed by atoms with Gasteiger partial charge in [-0.25, -0.2) is 0 Å². The number of rotatable bonds is 8. The fourth-order valence-electron chi connectivity index (χ4n) is 1.96. The van der Waals surface area contributed by atoms with Crippen LogP contribution in [0.5, 0.6) is 0 Å². The van der Waals surface area contributed by atoms with Crippen LogP contribution in [0.4, 0.5) is 18.9 Å². The molecule has 126 valence electrons. The van der Waals surface area contributed by atoms with Crippen LogP contribution in [0, 0.1) is 0 Å². The molecule has 0 saturated heterocycles. The van der Waals surface area contributed by atoms with Gasteiger partial charge in [0.25, 0.3) is 0 Å². The molecule has 1 aromatic rings. The van der Waals surface area contributed by atoms with Crippen molar-refractivity contribution in [3.63, 3.8) is 0 Å². The zero-order valence-corrected chi connectivity index (χ0v) is 13.0. The Labute approximate surface area is 132 Å². The maximum Gasteiger partial charge on any atom is 0.418 e. The first kappa shape index (κ1) is 19.0. The smallest absolute Gasteiger partial charge is 0.397 e. The normalized spacial score (nSPS) is 13.4. The Morgan fingerprint density at radius 2 is 2.09 bits per heavy atom. The summed E-state index contributed by atoms with van der Waals surface area (Å²) < 4.78 is 44.0. The molecule has 0 aromatic heterocycles. The molecule has 0 amide bonds. The molecule has 1 aromatic carbocycles. The number of alkyl halides is 3. The summed E-state index contributed by atoms with van der Waals surface area (Å²) in [6, 6.07) is 1.60. The molecule has 0 aliphatic rings. The van der Waals surface area contributed by atoms with Gasteiger partial charge in [0.2, 0.25) is 0 Å². The Kier molecular flexibility index (Phi) is 7.41. The summed E-state index contributed by atoms with van der Waals surface area (Å²) in [4.78, 5) is 0. The summed E-state index contributed by atoms with van der Waals surface area (Å²) in [5, 5.41) is 12.2. The number of ether oxygens (including phenoxy) is 1. The molecule has 1 rings (SSSR count). The van der Waals surface area contributed by atoms with Crippen molar-refractivity contribution in [3.8, 4) is 0 Å². The largest absolute Gasteiger partial charge is 0.418 e. The topological polar surface area (TPSA) is 67.5 Å². The lowest BCUT2D eigenvalue weighted by molar-refractivity contribution is -0.137. The van der Waals surface area contributed by atoms with Crippen LogP contribution in [0.1, 0.15) is 30.5 Å². The van der Waals surface area contributed by atoms with Gasteiger partial charge in [-0.2, -0.15) is 13.2 Å². The Morgan fingerprint density at radius 3 is 2.64 bits per heavy atom. The van der Waals surface area contributed by atoms with Gasteiger partial charge in [0.15, 0.2) is 0 Å². The summed E-state index contributed by atoms with van der Waals surface area (Å²) in [6.07, 6.45) is -3.92. The van der Waals surface area contributed by atoms with Crippen molar-refractivity contribution in [2.75, 3.05) is 32.1 Å². The second kappa shape index (κ2) is 8.57. The van der Waals surface area contributed by atoms with E-state index in [0.29, 0.717) is 26.2 Å². The Morgan fingerprint density at radius 1 is 1.41 bits per heavy atom. The van der Waals surface area contributed by atoms with Crippen LogP contribution in [0.15, 0.2) is 12.1 Å². The molecule has 0 saturated carbocycles. The van der Waals surface area contributed by atoms with Crippen LogP contribution in [0.2, 0.25) is 5.02 Å². The first-order valence-electron chi connectivity index (χ1n) is 6.89. The van der Waals surface area contributed by atoms with Crippen molar-refractivity contribution in [3.05, 3.63) is 28.3 Å². The summed E-state index contributed by atoms with van der Waals surface area (Å²) in [5.41, 5.74) is 4.12. The van der Waals surface area contributed by atoms with Crippen LogP contribution in [0.3, 0.4) is 0 Å². The van der Waals surface area contributed by atoms with Gasteiger partial charge in [-0.15, -0.1) is 0 Å². The molecule has 1 unspecified atom stereocenters. The van der Waals surface area contributed by atoms with E-state index in [1.165, 1.54) is 6.07 Å². The highest BCUT2D eigenvalue weighted by atomic mass is 35.5. The van der Waals surface area contributed by atoms with E-state index < -0.39 is 23.5 Å². The van der Waals surface area contributed by atoms with Crippen molar-refractivity contribution in [1.82, 2.24) is 5.32 Å². The molecule has 1 atom stereocenters. The number of nitrogens with two attached hydrogens (primary N) is 1. The third-order valence-corrected chi connectivity index (χ3v) is 3.42. The van der Waals surface area contributed by atoms with Crippen molar-refractivity contribution in [1.29, 1.82) is 0 Å². The van der Waals surface area contributed by atoms with Gasteiger partial charge in [0.05, 0.1) is 28.9 Å². The van der Waals surface area contributed by atoms with Crippen LogP contribution < -0.4 is 11.1 Å². The predicted molar refractivity (Wildman–Crippen MR) is 79.8 cm³/mol.